The van der Waals surface area contributed by atoms with Gasteiger partial charge in [-0.05, 0) is 33.8 Å². The molecular formula is C9H18N2. The average molecular weight is 154 g/mol. The zero-order chi connectivity index (χ0) is 7.78. The third kappa shape index (κ3) is 2.37. The molecule has 0 spiro atoms. The third-order valence-corrected chi connectivity index (χ3v) is 1.41. The van der Waals surface area contributed by atoms with E-state index in [1.165, 1.54) is 0 Å². The second-order valence-corrected chi connectivity index (χ2v) is 3.57. The van der Waals surface area contributed by atoms with Gasteiger partial charge >= 0.3 is 0 Å². The van der Waals surface area contributed by atoms with Crippen LogP contribution in [-0.4, -0.2) is 9.78 Å². The molecule has 2 heteroatoms. The minimum absolute atomic E-state index is 0. The van der Waals surface area contributed by atoms with Gasteiger partial charge in [-0.1, -0.05) is 7.43 Å². The Morgan fingerprint density at radius 3 is 2.09 bits per heavy atom. The smallest absolute Gasteiger partial charge is 0.0593 e. The molecule has 0 saturated heterocycles. The molecule has 0 saturated carbocycles. The Morgan fingerprint density at radius 1 is 1.36 bits per heavy atom. The fourth-order valence-corrected chi connectivity index (χ4v) is 0.789. The van der Waals surface area contributed by atoms with Crippen molar-refractivity contribution in [3.63, 3.8) is 0 Å². The summed E-state index contributed by atoms with van der Waals surface area (Å²) in [6, 6.07) is 2.02. The van der Waals surface area contributed by atoms with Gasteiger partial charge in [0, 0.05) is 6.20 Å². The van der Waals surface area contributed by atoms with Crippen molar-refractivity contribution in [2.45, 2.75) is 40.7 Å². The maximum absolute atomic E-state index is 4.30. The first kappa shape index (κ1) is 10.2. The van der Waals surface area contributed by atoms with Crippen LogP contribution in [0.5, 0.6) is 0 Å². The summed E-state index contributed by atoms with van der Waals surface area (Å²) in [6.45, 7) is 8.42. The maximum atomic E-state index is 4.30. The van der Waals surface area contributed by atoms with Gasteiger partial charge in [-0.3, -0.25) is 4.68 Å². The van der Waals surface area contributed by atoms with E-state index in [4.69, 9.17) is 0 Å². The SMILES string of the molecule is C.Cc1ccn(C(C)(C)C)n1. The van der Waals surface area contributed by atoms with Crippen LogP contribution in [0.4, 0.5) is 0 Å². The number of aryl methyl sites for hydroxylation is 1. The average Bonchev–Trinajstić information content (AvgIpc) is 2.11. The van der Waals surface area contributed by atoms with E-state index in [9.17, 15) is 0 Å². The van der Waals surface area contributed by atoms with Gasteiger partial charge in [0.25, 0.3) is 0 Å². The Morgan fingerprint density at radius 2 is 1.91 bits per heavy atom. The van der Waals surface area contributed by atoms with E-state index in [1.807, 2.05) is 23.9 Å². The minimum Gasteiger partial charge on any atom is -0.267 e. The highest BCUT2D eigenvalue weighted by Gasteiger charge is 2.12. The van der Waals surface area contributed by atoms with Crippen molar-refractivity contribution in [2.24, 2.45) is 0 Å². The van der Waals surface area contributed by atoms with Crippen LogP contribution in [0, 0.1) is 6.92 Å². The van der Waals surface area contributed by atoms with Crippen LogP contribution in [0.15, 0.2) is 12.3 Å². The quantitative estimate of drug-likeness (QED) is 0.561. The monoisotopic (exact) mass is 154 g/mol. The van der Waals surface area contributed by atoms with Gasteiger partial charge in [-0.15, -0.1) is 0 Å². The van der Waals surface area contributed by atoms with Crippen LogP contribution in [0.1, 0.15) is 33.9 Å². The van der Waals surface area contributed by atoms with Gasteiger partial charge in [0.1, 0.15) is 0 Å². The summed E-state index contributed by atoms with van der Waals surface area (Å²) in [4.78, 5) is 0. The molecule has 0 aromatic carbocycles. The highest BCUT2D eigenvalue weighted by molar-refractivity contribution is 4.96. The zero-order valence-corrected chi connectivity index (χ0v) is 7.05. The summed E-state index contributed by atoms with van der Waals surface area (Å²) in [7, 11) is 0. The molecule has 0 N–H and O–H groups in total. The third-order valence-electron chi connectivity index (χ3n) is 1.41. The molecule has 1 aromatic heterocycles. The van der Waals surface area contributed by atoms with Gasteiger partial charge in [-0.2, -0.15) is 5.10 Å². The lowest BCUT2D eigenvalue weighted by Crippen LogP contribution is -2.22. The largest absolute Gasteiger partial charge is 0.267 e. The molecule has 64 valence electrons. The number of aromatic nitrogens is 2. The summed E-state index contributed by atoms with van der Waals surface area (Å²) in [5.74, 6) is 0. The lowest BCUT2D eigenvalue weighted by molar-refractivity contribution is 0.354. The second-order valence-electron chi connectivity index (χ2n) is 3.57. The topological polar surface area (TPSA) is 17.8 Å². The molecule has 0 bridgehead atoms. The van der Waals surface area contributed by atoms with Crippen molar-refractivity contribution < 1.29 is 0 Å². The molecule has 1 rings (SSSR count). The first-order chi connectivity index (χ1) is 4.50. The molecule has 0 atom stereocenters. The first-order valence-corrected chi connectivity index (χ1v) is 3.53. The normalized spacial score (nSPS) is 10.9. The molecule has 11 heavy (non-hydrogen) atoms. The Balaban J connectivity index is 0.000001000. The summed E-state index contributed by atoms with van der Waals surface area (Å²) >= 11 is 0. The summed E-state index contributed by atoms with van der Waals surface area (Å²) in [5.41, 5.74) is 1.20. The lowest BCUT2D eigenvalue weighted by atomic mass is 10.1. The van der Waals surface area contributed by atoms with Gasteiger partial charge < -0.3 is 0 Å². The lowest BCUT2D eigenvalue weighted by Gasteiger charge is -2.18. The fourth-order valence-electron chi connectivity index (χ4n) is 0.789. The van der Waals surface area contributed by atoms with E-state index in [1.54, 1.807) is 0 Å². The highest BCUT2D eigenvalue weighted by atomic mass is 15.3. The van der Waals surface area contributed by atoms with Gasteiger partial charge in [0.2, 0.25) is 0 Å². The van der Waals surface area contributed by atoms with E-state index in [0.29, 0.717) is 0 Å². The van der Waals surface area contributed by atoms with Crippen molar-refractivity contribution in [1.82, 2.24) is 9.78 Å². The van der Waals surface area contributed by atoms with Gasteiger partial charge in [0.15, 0.2) is 0 Å². The van der Waals surface area contributed by atoms with E-state index in [-0.39, 0.29) is 13.0 Å². The molecule has 0 aliphatic rings. The predicted molar refractivity (Wildman–Crippen MR) is 48.7 cm³/mol. The molecule has 2 nitrogen and oxygen atoms in total. The highest BCUT2D eigenvalue weighted by Crippen LogP contribution is 2.11. The van der Waals surface area contributed by atoms with Gasteiger partial charge in [-0.25, -0.2) is 0 Å². The Bertz CT molecular complexity index is 218. The van der Waals surface area contributed by atoms with Crippen molar-refractivity contribution in [3.05, 3.63) is 18.0 Å². The number of hydrogen-bond donors (Lipinski definition) is 0. The van der Waals surface area contributed by atoms with E-state index >= 15 is 0 Å². The van der Waals surface area contributed by atoms with Crippen LogP contribution in [0.3, 0.4) is 0 Å². The Kier molecular flexibility index (Phi) is 2.85. The molecule has 1 aromatic rings. The summed E-state index contributed by atoms with van der Waals surface area (Å²) in [6.07, 6.45) is 2.01. The molecule has 0 amide bonds. The second kappa shape index (κ2) is 3.07. The predicted octanol–water partition coefficient (Wildman–Crippen LogP) is 2.58. The van der Waals surface area contributed by atoms with Crippen LogP contribution in [-0.2, 0) is 5.54 Å². The molecule has 0 radical (unpaired) electrons. The molecule has 0 aliphatic heterocycles. The summed E-state index contributed by atoms with van der Waals surface area (Å²) in [5, 5.41) is 4.30. The minimum atomic E-state index is 0. The number of nitrogens with zero attached hydrogens (tertiary/aromatic N) is 2. The maximum Gasteiger partial charge on any atom is 0.0593 e. The van der Waals surface area contributed by atoms with Crippen molar-refractivity contribution in [3.8, 4) is 0 Å². The molecular weight excluding hydrogens is 136 g/mol. The van der Waals surface area contributed by atoms with E-state index in [0.717, 1.165) is 5.69 Å². The fraction of sp³-hybridized carbons (Fsp3) is 0.667. The number of rotatable bonds is 0. The molecule has 0 aliphatic carbocycles. The Hall–Kier alpha value is -0.790. The van der Waals surface area contributed by atoms with E-state index in [2.05, 4.69) is 25.9 Å². The Labute approximate surface area is 69.2 Å². The first-order valence-electron chi connectivity index (χ1n) is 3.53. The van der Waals surface area contributed by atoms with Crippen molar-refractivity contribution in [1.29, 1.82) is 0 Å². The van der Waals surface area contributed by atoms with Crippen LogP contribution in [0.25, 0.3) is 0 Å². The van der Waals surface area contributed by atoms with Crippen LogP contribution >= 0.6 is 0 Å². The van der Waals surface area contributed by atoms with Crippen molar-refractivity contribution in [2.75, 3.05) is 0 Å². The van der Waals surface area contributed by atoms with Crippen LogP contribution in [0.2, 0.25) is 0 Å². The van der Waals surface area contributed by atoms with Gasteiger partial charge in [0.05, 0.1) is 11.2 Å². The molecule has 0 unspecified atom stereocenters. The molecule has 0 fully saturated rings. The van der Waals surface area contributed by atoms with Crippen molar-refractivity contribution >= 4 is 0 Å². The molecule has 1 heterocycles. The number of hydrogen-bond acceptors (Lipinski definition) is 1. The zero-order valence-electron chi connectivity index (χ0n) is 7.05. The van der Waals surface area contributed by atoms with Crippen LogP contribution < -0.4 is 0 Å². The standard InChI is InChI=1S/C8H14N2.CH4/c1-7-5-6-10(9-7)8(2,3)4;/h5-6H,1-4H3;1H4. The summed E-state index contributed by atoms with van der Waals surface area (Å²) < 4.78 is 1.97. The van der Waals surface area contributed by atoms with E-state index < -0.39 is 0 Å².